The van der Waals surface area contributed by atoms with Crippen LogP contribution in [-0.4, -0.2) is 24.7 Å². The van der Waals surface area contributed by atoms with Crippen LogP contribution < -0.4 is 10.6 Å². The first-order chi connectivity index (χ1) is 8.79. The lowest BCUT2D eigenvalue weighted by Crippen LogP contribution is -2.35. The zero-order chi connectivity index (χ0) is 12.8. The predicted octanol–water partition coefficient (Wildman–Crippen LogP) is 2.04. The molecular weight excluding hydrogens is 226 g/mol. The van der Waals surface area contributed by atoms with Gasteiger partial charge in [0.15, 0.2) is 0 Å². The van der Waals surface area contributed by atoms with Gasteiger partial charge in [0.25, 0.3) is 0 Å². The van der Waals surface area contributed by atoms with Crippen LogP contribution in [0.25, 0.3) is 6.08 Å². The number of nitrogens with one attached hydrogen (secondary N) is 3. The Morgan fingerprint density at radius 3 is 2.78 bits per heavy atom. The Labute approximate surface area is 107 Å². The van der Waals surface area contributed by atoms with Crippen molar-refractivity contribution < 1.29 is 4.79 Å². The molecule has 1 heterocycles. The molecule has 0 spiro atoms. The van der Waals surface area contributed by atoms with E-state index in [-0.39, 0.29) is 11.9 Å². The minimum Gasteiger partial charge on any atom is -0.325 e. The smallest absolute Gasteiger partial charge is 0.241 e. The number of benzene rings is 1. The normalized spacial score (nSPS) is 19.0. The first-order valence-corrected chi connectivity index (χ1v) is 6.11. The lowest BCUT2D eigenvalue weighted by Gasteiger charge is -2.11. The molecule has 0 saturated carbocycles. The van der Waals surface area contributed by atoms with E-state index in [9.17, 15) is 4.79 Å². The highest BCUT2D eigenvalue weighted by Crippen LogP contribution is 2.13. The van der Waals surface area contributed by atoms with Crippen LogP contribution in [-0.2, 0) is 4.79 Å². The second-order valence-electron chi connectivity index (χ2n) is 4.29. The molecule has 0 radical (unpaired) electrons. The number of anilines is 1. The summed E-state index contributed by atoms with van der Waals surface area (Å²) in [7, 11) is 0. The highest BCUT2D eigenvalue weighted by Gasteiger charge is 2.21. The van der Waals surface area contributed by atoms with E-state index in [0.717, 1.165) is 30.6 Å². The maximum absolute atomic E-state index is 11.9. The van der Waals surface area contributed by atoms with Crippen LogP contribution in [0, 0.1) is 5.41 Å². The number of carbonyl (C=O) groups excluding carboxylic acids is 1. The van der Waals surface area contributed by atoms with Gasteiger partial charge in [0, 0.05) is 11.9 Å². The van der Waals surface area contributed by atoms with Crippen molar-refractivity contribution in [3.8, 4) is 0 Å². The fourth-order valence-corrected chi connectivity index (χ4v) is 1.97. The first kappa shape index (κ1) is 12.5. The summed E-state index contributed by atoms with van der Waals surface area (Å²) < 4.78 is 0. The van der Waals surface area contributed by atoms with Crippen LogP contribution in [0.4, 0.5) is 5.69 Å². The van der Waals surface area contributed by atoms with Gasteiger partial charge in [0.05, 0.1) is 6.04 Å². The van der Waals surface area contributed by atoms with Crippen LogP contribution in [0.3, 0.4) is 0 Å². The summed E-state index contributed by atoms with van der Waals surface area (Å²) in [5, 5.41) is 13.0. The van der Waals surface area contributed by atoms with Gasteiger partial charge in [-0.3, -0.25) is 4.79 Å². The Balaban J connectivity index is 1.95. The molecule has 1 atom stereocenters. The third kappa shape index (κ3) is 3.28. The standard InChI is InChI=1S/C14H17N3O/c15-9-1-3-11-5-7-12(8-6-11)17-14(18)13-4-2-10-16-13/h1,3,5-9,13,15-16H,2,4,10H2,(H,17,18)/b3-1+,15-9?/t13-/m1/s1. The molecule has 0 unspecified atom stereocenters. The van der Waals surface area contributed by atoms with E-state index >= 15 is 0 Å². The van der Waals surface area contributed by atoms with Gasteiger partial charge in [-0.1, -0.05) is 18.2 Å². The molecule has 18 heavy (non-hydrogen) atoms. The fourth-order valence-electron chi connectivity index (χ4n) is 1.97. The molecule has 1 aromatic carbocycles. The summed E-state index contributed by atoms with van der Waals surface area (Å²) in [5.74, 6) is 0.0373. The SMILES string of the molecule is N=C/C=C/c1ccc(NC(=O)[C@H]2CCCN2)cc1. The average Bonchev–Trinajstić information content (AvgIpc) is 2.92. The van der Waals surface area contributed by atoms with E-state index < -0.39 is 0 Å². The van der Waals surface area contributed by atoms with E-state index in [2.05, 4.69) is 10.6 Å². The van der Waals surface area contributed by atoms with Gasteiger partial charge < -0.3 is 16.0 Å². The number of amides is 1. The van der Waals surface area contributed by atoms with Crippen molar-refractivity contribution >= 4 is 23.9 Å². The summed E-state index contributed by atoms with van der Waals surface area (Å²) in [4.78, 5) is 11.9. The number of hydrogen-bond donors (Lipinski definition) is 3. The van der Waals surface area contributed by atoms with Crippen molar-refractivity contribution in [1.29, 1.82) is 5.41 Å². The molecule has 1 aromatic rings. The molecule has 1 aliphatic heterocycles. The largest absolute Gasteiger partial charge is 0.325 e. The van der Waals surface area contributed by atoms with Gasteiger partial charge in [-0.05, 0) is 43.2 Å². The summed E-state index contributed by atoms with van der Waals surface area (Å²) in [6, 6.07) is 7.52. The van der Waals surface area contributed by atoms with Crippen molar-refractivity contribution in [3.05, 3.63) is 35.9 Å². The maximum atomic E-state index is 11.9. The Morgan fingerprint density at radius 2 is 2.17 bits per heavy atom. The van der Waals surface area contributed by atoms with Crippen LogP contribution in [0.1, 0.15) is 18.4 Å². The van der Waals surface area contributed by atoms with Crippen LogP contribution in [0.2, 0.25) is 0 Å². The third-order valence-electron chi connectivity index (χ3n) is 2.94. The van der Waals surface area contributed by atoms with E-state index in [1.165, 1.54) is 6.21 Å². The fraction of sp³-hybridized carbons (Fsp3) is 0.286. The van der Waals surface area contributed by atoms with Gasteiger partial charge in [0.2, 0.25) is 5.91 Å². The predicted molar refractivity (Wildman–Crippen MR) is 73.9 cm³/mol. The van der Waals surface area contributed by atoms with Crippen molar-refractivity contribution in [1.82, 2.24) is 5.32 Å². The summed E-state index contributed by atoms with van der Waals surface area (Å²) >= 11 is 0. The Morgan fingerprint density at radius 1 is 1.39 bits per heavy atom. The lowest BCUT2D eigenvalue weighted by atomic mass is 10.1. The summed E-state index contributed by atoms with van der Waals surface area (Å²) in [6.07, 6.45) is 6.71. The Kier molecular flexibility index (Phi) is 4.25. The Hall–Kier alpha value is -1.94. The first-order valence-electron chi connectivity index (χ1n) is 6.11. The van der Waals surface area contributed by atoms with Crippen molar-refractivity contribution in [3.63, 3.8) is 0 Å². The average molecular weight is 243 g/mol. The molecule has 3 N–H and O–H groups in total. The molecule has 1 saturated heterocycles. The zero-order valence-corrected chi connectivity index (χ0v) is 10.1. The molecule has 94 valence electrons. The molecule has 4 nitrogen and oxygen atoms in total. The highest BCUT2D eigenvalue weighted by molar-refractivity contribution is 5.95. The van der Waals surface area contributed by atoms with Crippen molar-refractivity contribution in [2.75, 3.05) is 11.9 Å². The number of rotatable bonds is 4. The summed E-state index contributed by atoms with van der Waals surface area (Å²) in [5.41, 5.74) is 1.82. The molecule has 0 aliphatic carbocycles. The second-order valence-corrected chi connectivity index (χ2v) is 4.29. The molecule has 4 heteroatoms. The van der Waals surface area contributed by atoms with Gasteiger partial charge >= 0.3 is 0 Å². The van der Waals surface area contributed by atoms with Gasteiger partial charge in [-0.25, -0.2) is 0 Å². The molecular formula is C14H17N3O. The van der Waals surface area contributed by atoms with E-state index in [0.29, 0.717) is 0 Å². The number of carbonyl (C=O) groups is 1. The van der Waals surface area contributed by atoms with Gasteiger partial charge in [0.1, 0.15) is 0 Å². The summed E-state index contributed by atoms with van der Waals surface area (Å²) in [6.45, 7) is 0.922. The monoisotopic (exact) mass is 243 g/mol. The molecule has 0 aromatic heterocycles. The highest BCUT2D eigenvalue weighted by atomic mass is 16.2. The van der Waals surface area contributed by atoms with E-state index in [1.807, 2.05) is 30.3 Å². The van der Waals surface area contributed by atoms with Crippen LogP contribution >= 0.6 is 0 Å². The molecule has 1 amide bonds. The minimum absolute atomic E-state index is 0.0373. The van der Waals surface area contributed by atoms with E-state index in [1.54, 1.807) is 6.08 Å². The molecule has 1 fully saturated rings. The lowest BCUT2D eigenvalue weighted by molar-refractivity contribution is -0.117. The third-order valence-corrected chi connectivity index (χ3v) is 2.94. The van der Waals surface area contributed by atoms with Gasteiger partial charge in [-0.2, -0.15) is 0 Å². The number of allylic oxidation sites excluding steroid dienone is 1. The number of hydrogen-bond acceptors (Lipinski definition) is 3. The Bertz CT molecular complexity index is 445. The van der Waals surface area contributed by atoms with Crippen LogP contribution in [0.15, 0.2) is 30.3 Å². The quantitative estimate of drug-likeness (QED) is 0.708. The van der Waals surface area contributed by atoms with Crippen molar-refractivity contribution in [2.45, 2.75) is 18.9 Å². The maximum Gasteiger partial charge on any atom is 0.241 e. The van der Waals surface area contributed by atoms with Crippen LogP contribution in [0.5, 0.6) is 0 Å². The second kappa shape index (κ2) is 6.12. The van der Waals surface area contributed by atoms with Gasteiger partial charge in [-0.15, -0.1) is 0 Å². The topological polar surface area (TPSA) is 65.0 Å². The van der Waals surface area contributed by atoms with Crippen molar-refractivity contribution in [2.24, 2.45) is 0 Å². The minimum atomic E-state index is -0.0533. The van der Waals surface area contributed by atoms with E-state index in [4.69, 9.17) is 5.41 Å². The zero-order valence-electron chi connectivity index (χ0n) is 10.1. The molecule has 2 rings (SSSR count). The molecule has 1 aliphatic rings. The molecule has 0 bridgehead atoms.